The standard InChI is InChI=1S/C16H17FN2O4/c17-12-3-1-2-4-13(12)19-8-10(7-14(19)20)15(21)18-11-5-9(6-11)16(22)23/h1-4,9-11H,5-8H2,(H,18,21)(H,22,23). The second-order valence-corrected chi connectivity index (χ2v) is 6.07. The predicted octanol–water partition coefficient (Wildman–Crippen LogP) is 1.16. The van der Waals surface area contributed by atoms with Gasteiger partial charge in [-0.15, -0.1) is 0 Å². The Morgan fingerprint density at radius 1 is 1.22 bits per heavy atom. The molecule has 1 aliphatic heterocycles. The van der Waals surface area contributed by atoms with Gasteiger partial charge in [0.1, 0.15) is 5.82 Å². The molecule has 2 aliphatic rings. The van der Waals surface area contributed by atoms with Gasteiger partial charge in [0.05, 0.1) is 17.5 Å². The number of aliphatic carboxylic acids is 1. The van der Waals surface area contributed by atoms with E-state index in [9.17, 15) is 18.8 Å². The number of amides is 2. The molecule has 1 unspecified atom stereocenters. The number of rotatable bonds is 4. The Hall–Kier alpha value is -2.44. The number of carbonyl (C=O) groups is 3. The molecule has 1 heterocycles. The lowest BCUT2D eigenvalue weighted by Gasteiger charge is -2.33. The average Bonchev–Trinajstić information content (AvgIpc) is 2.84. The number of para-hydroxylation sites is 1. The minimum Gasteiger partial charge on any atom is -0.481 e. The molecule has 1 aromatic carbocycles. The van der Waals surface area contributed by atoms with Gasteiger partial charge < -0.3 is 15.3 Å². The number of nitrogens with zero attached hydrogens (tertiary/aromatic N) is 1. The van der Waals surface area contributed by atoms with E-state index in [4.69, 9.17) is 5.11 Å². The minimum absolute atomic E-state index is 0.0370. The van der Waals surface area contributed by atoms with E-state index in [0.717, 1.165) is 0 Å². The number of nitrogens with one attached hydrogen (secondary N) is 1. The van der Waals surface area contributed by atoms with E-state index in [1.165, 1.54) is 17.0 Å². The monoisotopic (exact) mass is 320 g/mol. The van der Waals surface area contributed by atoms with Crippen LogP contribution in [0.4, 0.5) is 10.1 Å². The molecule has 2 N–H and O–H groups in total. The summed E-state index contributed by atoms with van der Waals surface area (Å²) in [6, 6.07) is 5.81. The van der Waals surface area contributed by atoms with Gasteiger partial charge in [-0.25, -0.2) is 4.39 Å². The molecule has 3 rings (SSSR count). The Morgan fingerprint density at radius 3 is 2.57 bits per heavy atom. The third kappa shape index (κ3) is 3.04. The molecule has 0 bridgehead atoms. The lowest BCUT2D eigenvalue weighted by molar-refractivity contribution is -0.146. The Morgan fingerprint density at radius 2 is 1.91 bits per heavy atom. The van der Waals surface area contributed by atoms with Gasteiger partial charge in [-0.3, -0.25) is 14.4 Å². The molecule has 0 spiro atoms. The first-order chi connectivity index (χ1) is 11.0. The highest BCUT2D eigenvalue weighted by molar-refractivity contribution is 6.00. The molecule has 23 heavy (non-hydrogen) atoms. The third-order valence-corrected chi connectivity index (χ3v) is 4.47. The maximum atomic E-state index is 13.8. The molecule has 1 aliphatic carbocycles. The van der Waals surface area contributed by atoms with E-state index < -0.39 is 23.6 Å². The minimum atomic E-state index is -0.850. The van der Waals surface area contributed by atoms with Crippen molar-refractivity contribution in [1.82, 2.24) is 5.32 Å². The lowest BCUT2D eigenvalue weighted by Crippen LogP contribution is -2.48. The summed E-state index contributed by atoms with van der Waals surface area (Å²) in [5.74, 6) is -2.84. The van der Waals surface area contributed by atoms with Crippen LogP contribution < -0.4 is 10.2 Å². The fraction of sp³-hybridized carbons (Fsp3) is 0.438. The van der Waals surface area contributed by atoms with Crippen LogP contribution in [0.5, 0.6) is 0 Å². The van der Waals surface area contributed by atoms with Crippen molar-refractivity contribution in [1.29, 1.82) is 0 Å². The smallest absolute Gasteiger partial charge is 0.306 e. The second-order valence-electron chi connectivity index (χ2n) is 6.07. The number of hydrogen-bond acceptors (Lipinski definition) is 3. The van der Waals surface area contributed by atoms with Gasteiger partial charge in [0, 0.05) is 19.0 Å². The molecule has 2 amide bonds. The van der Waals surface area contributed by atoms with Crippen molar-refractivity contribution in [3.63, 3.8) is 0 Å². The van der Waals surface area contributed by atoms with E-state index in [-0.39, 0.29) is 36.5 Å². The van der Waals surface area contributed by atoms with E-state index in [0.29, 0.717) is 12.8 Å². The zero-order valence-corrected chi connectivity index (χ0v) is 12.4. The molecule has 6 nitrogen and oxygen atoms in total. The number of carbonyl (C=O) groups excluding carboxylic acids is 2. The van der Waals surface area contributed by atoms with E-state index in [1.807, 2.05) is 0 Å². The molecule has 1 aromatic rings. The Balaban J connectivity index is 1.58. The number of halogens is 1. The summed E-state index contributed by atoms with van der Waals surface area (Å²) >= 11 is 0. The van der Waals surface area contributed by atoms with Crippen LogP contribution in [-0.2, 0) is 14.4 Å². The van der Waals surface area contributed by atoms with Gasteiger partial charge in [-0.1, -0.05) is 12.1 Å². The molecule has 122 valence electrons. The third-order valence-electron chi connectivity index (χ3n) is 4.47. The van der Waals surface area contributed by atoms with Crippen LogP contribution >= 0.6 is 0 Å². The summed E-state index contributed by atoms with van der Waals surface area (Å²) in [4.78, 5) is 36.3. The van der Waals surface area contributed by atoms with Crippen molar-refractivity contribution in [2.45, 2.75) is 25.3 Å². The number of benzene rings is 1. The summed E-state index contributed by atoms with van der Waals surface area (Å²) in [5, 5.41) is 11.6. The summed E-state index contributed by atoms with van der Waals surface area (Å²) in [5.41, 5.74) is 0.183. The number of carboxylic acid groups (broad SMARTS) is 1. The number of hydrogen-bond donors (Lipinski definition) is 2. The SMILES string of the molecule is O=C(O)C1CC(NC(=O)C2CC(=O)N(c3ccccc3F)C2)C1. The van der Waals surface area contributed by atoms with Gasteiger partial charge in [0.2, 0.25) is 11.8 Å². The maximum Gasteiger partial charge on any atom is 0.306 e. The topological polar surface area (TPSA) is 86.7 Å². The van der Waals surface area contributed by atoms with Crippen LogP contribution in [0, 0.1) is 17.7 Å². The molecule has 7 heteroatoms. The van der Waals surface area contributed by atoms with Gasteiger partial charge in [0.15, 0.2) is 0 Å². The van der Waals surface area contributed by atoms with E-state index >= 15 is 0 Å². The molecule has 0 radical (unpaired) electrons. The van der Waals surface area contributed by atoms with Crippen molar-refractivity contribution < 1.29 is 23.9 Å². The molecule has 0 aromatic heterocycles. The van der Waals surface area contributed by atoms with Crippen LogP contribution in [0.25, 0.3) is 0 Å². The maximum absolute atomic E-state index is 13.8. The van der Waals surface area contributed by atoms with Gasteiger partial charge >= 0.3 is 5.97 Å². The highest BCUT2D eigenvalue weighted by atomic mass is 19.1. The van der Waals surface area contributed by atoms with Crippen LogP contribution in [-0.4, -0.2) is 35.5 Å². The first kappa shape index (κ1) is 15.5. The number of anilines is 1. The second kappa shape index (κ2) is 5.98. The van der Waals surface area contributed by atoms with Crippen molar-refractivity contribution in [3.8, 4) is 0 Å². The van der Waals surface area contributed by atoms with Crippen molar-refractivity contribution in [2.24, 2.45) is 11.8 Å². The van der Waals surface area contributed by atoms with Gasteiger partial charge in [0.25, 0.3) is 0 Å². The fourth-order valence-electron chi connectivity index (χ4n) is 3.04. The van der Waals surface area contributed by atoms with Gasteiger partial charge in [-0.05, 0) is 25.0 Å². The van der Waals surface area contributed by atoms with E-state index in [1.54, 1.807) is 12.1 Å². The summed E-state index contributed by atoms with van der Waals surface area (Å²) in [7, 11) is 0. The van der Waals surface area contributed by atoms with Crippen molar-refractivity contribution in [3.05, 3.63) is 30.1 Å². The van der Waals surface area contributed by atoms with Crippen molar-refractivity contribution in [2.75, 3.05) is 11.4 Å². The highest BCUT2D eigenvalue weighted by Gasteiger charge is 2.40. The van der Waals surface area contributed by atoms with E-state index in [2.05, 4.69) is 5.32 Å². The Kier molecular flexibility index (Phi) is 4.02. The largest absolute Gasteiger partial charge is 0.481 e. The Bertz CT molecular complexity index is 657. The molecule has 2 fully saturated rings. The summed E-state index contributed by atoms with van der Waals surface area (Å²) < 4.78 is 13.8. The van der Waals surface area contributed by atoms with Crippen LogP contribution in [0.2, 0.25) is 0 Å². The lowest BCUT2D eigenvalue weighted by atomic mass is 9.80. The Labute approximate surface area is 132 Å². The fourth-order valence-corrected chi connectivity index (χ4v) is 3.04. The summed E-state index contributed by atoms with van der Waals surface area (Å²) in [6.45, 7) is 0.140. The molecule has 1 saturated heterocycles. The number of carboxylic acids is 1. The predicted molar refractivity (Wildman–Crippen MR) is 79.2 cm³/mol. The molecule has 1 atom stereocenters. The van der Waals surface area contributed by atoms with Crippen LogP contribution in [0.3, 0.4) is 0 Å². The average molecular weight is 320 g/mol. The quantitative estimate of drug-likeness (QED) is 0.871. The zero-order valence-electron chi connectivity index (χ0n) is 12.4. The molecular formula is C16H17FN2O4. The van der Waals surface area contributed by atoms with Crippen LogP contribution in [0.1, 0.15) is 19.3 Å². The first-order valence-electron chi connectivity index (χ1n) is 7.53. The van der Waals surface area contributed by atoms with Gasteiger partial charge in [-0.2, -0.15) is 0 Å². The van der Waals surface area contributed by atoms with Crippen molar-refractivity contribution >= 4 is 23.5 Å². The first-order valence-corrected chi connectivity index (χ1v) is 7.53. The highest BCUT2D eigenvalue weighted by Crippen LogP contribution is 2.30. The molecular weight excluding hydrogens is 303 g/mol. The zero-order chi connectivity index (χ0) is 16.6. The molecule has 1 saturated carbocycles. The normalized spacial score (nSPS) is 26.7. The summed E-state index contributed by atoms with van der Waals surface area (Å²) in [6.07, 6.45) is 0.868. The van der Waals surface area contributed by atoms with Crippen LogP contribution in [0.15, 0.2) is 24.3 Å².